The third-order valence-electron chi connectivity index (χ3n) is 2.44. The first-order chi connectivity index (χ1) is 5.28. The second-order valence-electron chi connectivity index (χ2n) is 3.19. The van der Waals surface area contributed by atoms with Gasteiger partial charge in [-0.15, -0.1) is 0 Å². The highest BCUT2D eigenvalue weighted by Gasteiger charge is 2.07. The zero-order valence-corrected chi connectivity index (χ0v) is 8.48. The highest BCUT2D eigenvalue weighted by atomic mass is 14.9. The molecule has 0 aromatic rings. The third kappa shape index (κ3) is 4.41. The highest BCUT2D eigenvalue weighted by molar-refractivity contribution is 4.69. The Bertz CT molecular complexity index is 62.9. The maximum Gasteiger partial charge on any atom is 0.00643 e. The van der Waals surface area contributed by atoms with Crippen LogP contribution in [-0.2, 0) is 0 Å². The van der Waals surface area contributed by atoms with Crippen LogP contribution in [0, 0.1) is 0 Å². The van der Waals surface area contributed by atoms with Crippen LogP contribution in [0.5, 0.6) is 0 Å². The van der Waals surface area contributed by atoms with Gasteiger partial charge in [-0.3, -0.25) is 0 Å². The third-order valence-corrected chi connectivity index (χ3v) is 2.44. The molecule has 0 aliphatic rings. The molecule has 0 amide bonds. The molecule has 0 saturated carbocycles. The molecule has 0 unspecified atom stereocenters. The molecular weight excluding hydrogens is 134 g/mol. The Kier molecular flexibility index (Phi) is 6.63. The van der Waals surface area contributed by atoms with Crippen LogP contribution in [0.3, 0.4) is 0 Å². The summed E-state index contributed by atoms with van der Waals surface area (Å²) >= 11 is 0. The fourth-order valence-corrected chi connectivity index (χ4v) is 1.38. The summed E-state index contributed by atoms with van der Waals surface area (Å²) in [5.41, 5.74) is 0. The molecule has 0 aliphatic carbocycles. The lowest BCUT2D eigenvalue weighted by Crippen LogP contribution is -2.36. The predicted molar refractivity (Wildman–Crippen MR) is 51.9 cm³/mol. The van der Waals surface area contributed by atoms with Gasteiger partial charge < -0.3 is 5.32 Å². The lowest BCUT2D eigenvalue weighted by molar-refractivity contribution is 0.391. The molecular formula is C10H23N. The summed E-state index contributed by atoms with van der Waals surface area (Å²) in [6.45, 7) is 9.01. The van der Waals surface area contributed by atoms with Crippen LogP contribution < -0.4 is 5.32 Å². The normalized spacial score (nSPS) is 11.5. The van der Waals surface area contributed by atoms with Gasteiger partial charge in [-0.1, -0.05) is 27.7 Å². The number of rotatable bonds is 6. The van der Waals surface area contributed by atoms with Crippen LogP contribution in [0.1, 0.15) is 53.4 Å². The molecule has 0 bridgehead atoms. The van der Waals surface area contributed by atoms with Crippen LogP contribution in [-0.4, -0.2) is 12.1 Å². The fraction of sp³-hybridized carbons (Fsp3) is 1.00. The average molecular weight is 157 g/mol. The van der Waals surface area contributed by atoms with E-state index in [2.05, 4.69) is 33.0 Å². The van der Waals surface area contributed by atoms with E-state index in [9.17, 15) is 0 Å². The van der Waals surface area contributed by atoms with E-state index in [1.165, 1.54) is 25.7 Å². The zero-order valence-electron chi connectivity index (χ0n) is 8.48. The van der Waals surface area contributed by atoms with Crippen molar-refractivity contribution in [1.82, 2.24) is 5.32 Å². The van der Waals surface area contributed by atoms with E-state index >= 15 is 0 Å². The Labute approximate surface area is 71.6 Å². The number of hydrogen-bond donors (Lipinski definition) is 1. The summed E-state index contributed by atoms with van der Waals surface area (Å²) < 4.78 is 0. The van der Waals surface area contributed by atoms with Gasteiger partial charge in [0.05, 0.1) is 0 Å². The highest BCUT2D eigenvalue weighted by Crippen LogP contribution is 2.03. The van der Waals surface area contributed by atoms with Gasteiger partial charge >= 0.3 is 0 Å². The topological polar surface area (TPSA) is 12.0 Å². The molecule has 0 rings (SSSR count). The summed E-state index contributed by atoms with van der Waals surface area (Å²) in [6.07, 6.45) is 5.03. The van der Waals surface area contributed by atoms with Crippen molar-refractivity contribution in [2.45, 2.75) is 65.5 Å². The van der Waals surface area contributed by atoms with Gasteiger partial charge in [0.1, 0.15) is 0 Å². The monoisotopic (exact) mass is 157 g/mol. The predicted octanol–water partition coefficient (Wildman–Crippen LogP) is 2.95. The second-order valence-corrected chi connectivity index (χ2v) is 3.19. The van der Waals surface area contributed by atoms with Crippen molar-refractivity contribution in [2.24, 2.45) is 0 Å². The van der Waals surface area contributed by atoms with E-state index in [4.69, 9.17) is 0 Å². The van der Waals surface area contributed by atoms with Crippen molar-refractivity contribution < 1.29 is 0 Å². The summed E-state index contributed by atoms with van der Waals surface area (Å²) in [6, 6.07) is 1.47. The summed E-state index contributed by atoms with van der Waals surface area (Å²) in [7, 11) is 0. The van der Waals surface area contributed by atoms with Crippen LogP contribution in [0.2, 0.25) is 0 Å². The molecule has 0 atom stereocenters. The lowest BCUT2D eigenvalue weighted by atomic mass is 10.1. The molecule has 11 heavy (non-hydrogen) atoms. The van der Waals surface area contributed by atoms with E-state index in [-0.39, 0.29) is 0 Å². The average Bonchev–Trinajstić information content (AvgIpc) is 2.07. The SMILES string of the molecule is CCC(CC)NC(CC)CC. The summed E-state index contributed by atoms with van der Waals surface area (Å²) in [5.74, 6) is 0. The minimum Gasteiger partial charge on any atom is -0.311 e. The van der Waals surface area contributed by atoms with Crippen molar-refractivity contribution in [1.29, 1.82) is 0 Å². The van der Waals surface area contributed by atoms with Gasteiger partial charge in [-0.25, -0.2) is 0 Å². The van der Waals surface area contributed by atoms with Crippen LogP contribution in [0.25, 0.3) is 0 Å². The van der Waals surface area contributed by atoms with Crippen molar-refractivity contribution in [3.63, 3.8) is 0 Å². The first-order valence-electron chi connectivity index (χ1n) is 5.04. The molecule has 0 fully saturated rings. The molecule has 0 heterocycles. The van der Waals surface area contributed by atoms with Crippen molar-refractivity contribution in [3.8, 4) is 0 Å². The quantitative estimate of drug-likeness (QED) is 0.625. The minimum absolute atomic E-state index is 0.736. The van der Waals surface area contributed by atoms with Gasteiger partial charge in [0.15, 0.2) is 0 Å². The van der Waals surface area contributed by atoms with Crippen LogP contribution >= 0.6 is 0 Å². The maximum atomic E-state index is 3.65. The van der Waals surface area contributed by atoms with E-state index in [1.807, 2.05) is 0 Å². The van der Waals surface area contributed by atoms with Crippen molar-refractivity contribution in [2.75, 3.05) is 0 Å². The van der Waals surface area contributed by atoms with Crippen molar-refractivity contribution >= 4 is 0 Å². The second kappa shape index (κ2) is 6.66. The maximum absolute atomic E-state index is 3.65. The Morgan fingerprint density at radius 1 is 0.727 bits per heavy atom. The van der Waals surface area contributed by atoms with E-state index < -0.39 is 0 Å². The molecule has 0 saturated heterocycles. The first kappa shape index (κ1) is 11.0. The Hall–Kier alpha value is -0.0400. The van der Waals surface area contributed by atoms with Gasteiger partial charge in [-0.2, -0.15) is 0 Å². The largest absolute Gasteiger partial charge is 0.311 e. The molecule has 1 N–H and O–H groups in total. The number of nitrogens with one attached hydrogen (secondary N) is 1. The molecule has 68 valence electrons. The van der Waals surface area contributed by atoms with Gasteiger partial charge in [0, 0.05) is 12.1 Å². The van der Waals surface area contributed by atoms with Gasteiger partial charge in [-0.05, 0) is 25.7 Å². The van der Waals surface area contributed by atoms with E-state index in [0.29, 0.717) is 0 Å². The fourth-order valence-electron chi connectivity index (χ4n) is 1.38. The zero-order chi connectivity index (χ0) is 8.69. The first-order valence-corrected chi connectivity index (χ1v) is 5.04. The van der Waals surface area contributed by atoms with E-state index in [0.717, 1.165) is 12.1 Å². The summed E-state index contributed by atoms with van der Waals surface area (Å²) in [5, 5.41) is 3.65. The standard InChI is InChI=1S/C10H23N/c1-5-9(6-2)11-10(7-3)8-4/h9-11H,5-8H2,1-4H3. The smallest absolute Gasteiger partial charge is 0.00643 e. The molecule has 0 aliphatic heterocycles. The van der Waals surface area contributed by atoms with Crippen molar-refractivity contribution in [3.05, 3.63) is 0 Å². The Balaban J connectivity index is 3.58. The van der Waals surface area contributed by atoms with Crippen LogP contribution in [0.4, 0.5) is 0 Å². The minimum atomic E-state index is 0.736. The van der Waals surface area contributed by atoms with Gasteiger partial charge in [0.25, 0.3) is 0 Å². The van der Waals surface area contributed by atoms with Crippen LogP contribution in [0.15, 0.2) is 0 Å². The molecule has 0 radical (unpaired) electrons. The lowest BCUT2D eigenvalue weighted by Gasteiger charge is -2.21. The Morgan fingerprint density at radius 2 is 1.00 bits per heavy atom. The molecule has 0 spiro atoms. The Morgan fingerprint density at radius 3 is 1.18 bits per heavy atom. The molecule has 1 heteroatoms. The summed E-state index contributed by atoms with van der Waals surface area (Å²) in [4.78, 5) is 0. The number of hydrogen-bond acceptors (Lipinski definition) is 1. The van der Waals surface area contributed by atoms with Gasteiger partial charge in [0.2, 0.25) is 0 Å². The molecule has 0 aromatic carbocycles. The molecule has 1 nitrogen and oxygen atoms in total. The molecule has 0 aromatic heterocycles. The van der Waals surface area contributed by atoms with E-state index in [1.54, 1.807) is 0 Å².